The number of nitrogens with one attached hydrogen (secondary N) is 1. The summed E-state index contributed by atoms with van der Waals surface area (Å²) in [6.07, 6.45) is 4.46. The number of aliphatic imine (C=N–C) groups is 1. The topological polar surface area (TPSA) is 40.1 Å². The fourth-order valence-corrected chi connectivity index (χ4v) is 3.32. The molecule has 0 saturated carbocycles. The van der Waals surface area contributed by atoms with Gasteiger partial charge in [-0.1, -0.05) is 6.07 Å². The lowest BCUT2D eigenvalue weighted by Crippen LogP contribution is -2.40. The van der Waals surface area contributed by atoms with E-state index in [2.05, 4.69) is 29.1 Å². The van der Waals surface area contributed by atoms with Crippen LogP contribution >= 0.6 is 24.0 Å². The minimum atomic E-state index is -0.196. The Bertz CT molecular complexity index is 581. The SMILES string of the molecule is CCNC(=NCCCN(C)c1cccc(F)c1)N(C)CCC1CCOCC1.I. The summed E-state index contributed by atoms with van der Waals surface area (Å²) in [5.74, 6) is 1.54. The van der Waals surface area contributed by atoms with E-state index in [1.807, 2.05) is 13.1 Å². The zero-order chi connectivity index (χ0) is 19.5. The fraction of sp³-hybridized carbons (Fsp3) is 0.667. The molecule has 1 fully saturated rings. The Morgan fingerprint density at radius 2 is 2.00 bits per heavy atom. The Morgan fingerprint density at radius 3 is 2.68 bits per heavy atom. The van der Waals surface area contributed by atoms with Crippen molar-refractivity contribution >= 4 is 35.6 Å². The number of hydrogen-bond acceptors (Lipinski definition) is 3. The maximum Gasteiger partial charge on any atom is 0.193 e. The van der Waals surface area contributed by atoms with Crippen molar-refractivity contribution in [1.29, 1.82) is 0 Å². The van der Waals surface area contributed by atoms with E-state index in [1.54, 1.807) is 12.1 Å². The van der Waals surface area contributed by atoms with Crippen molar-refractivity contribution in [3.63, 3.8) is 0 Å². The van der Waals surface area contributed by atoms with Crippen LogP contribution in [0.4, 0.5) is 10.1 Å². The molecule has 2 rings (SSSR count). The van der Waals surface area contributed by atoms with Gasteiger partial charge in [-0.15, -0.1) is 24.0 Å². The van der Waals surface area contributed by atoms with Gasteiger partial charge < -0.3 is 19.9 Å². The van der Waals surface area contributed by atoms with Crippen LogP contribution in [0.15, 0.2) is 29.3 Å². The van der Waals surface area contributed by atoms with Gasteiger partial charge in [-0.3, -0.25) is 4.99 Å². The number of nitrogens with zero attached hydrogens (tertiary/aromatic N) is 3. The van der Waals surface area contributed by atoms with Gasteiger partial charge in [-0.05, 0) is 56.7 Å². The zero-order valence-corrected chi connectivity index (χ0v) is 19.8. The van der Waals surface area contributed by atoms with Crippen molar-refractivity contribution in [1.82, 2.24) is 10.2 Å². The van der Waals surface area contributed by atoms with Gasteiger partial charge in [0.15, 0.2) is 5.96 Å². The molecule has 1 aromatic rings. The van der Waals surface area contributed by atoms with Crippen molar-refractivity contribution < 1.29 is 9.13 Å². The van der Waals surface area contributed by atoms with Crippen LogP contribution in [-0.2, 0) is 4.74 Å². The van der Waals surface area contributed by atoms with Crippen LogP contribution < -0.4 is 10.2 Å². The predicted molar refractivity (Wildman–Crippen MR) is 126 cm³/mol. The molecule has 0 bridgehead atoms. The van der Waals surface area contributed by atoms with Gasteiger partial charge in [-0.25, -0.2) is 4.39 Å². The first-order valence-corrected chi connectivity index (χ1v) is 10.1. The number of rotatable bonds is 9. The van der Waals surface area contributed by atoms with Crippen LogP contribution in [0, 0.1) is 11.7 Å². The Labute approximate surface area is 186 Å². The van der Waals surface area contributed by atoms with Gasteiger partial charge in [0.25, 0.3) is 0 Å². The average Bonchev–Trinajstić information content (AvgIpc) is 2.69. The van der Waals surface area contributed by atoms with Gasteiger partial charge in [0.2, 0.25) is 0 Å². The van der Waals surface area contributed by atoms with Gasteiger partial charge in [0.1, 0.15) is 5.82 Å². The van der Waals surface area contributed by atoms with Crippen LogP contribution in [-0.4, -0.2) is 64.3 Å². The number of ether oxygens (including phenoxy) is 1. The lowest BCUT2D eigenvalue weighted by Gasteiger charge is -2.27. The van der Waals surface area contributed by atoms with Crippen LogP contribution in [0.3, 0.4) is 0 Å². The van der Waals surface area contributed by atoms with Gasteiger partial charge in [0, 0.05) is 59.2 Å². The molecule has 5 nitrogen and oxygen atoms in total. The van der Waals surface area contributed by atoms with Crippen molar-refractivity contribution in [3.05, 3.63) is 30.1 Å². The van der Waals surface area contributed by atoms with E-state index >= 15 is 0 Å². The highest BCUT2D eigenvalue weighted by Gasteiger charge is 2.15. The molecule has 1 heterocycles. The second-order valence-electron chi connectivity index (χ2n) is 7.26. The first-order chi connectivity index (χ1) is 13.1. The van der Waals surface area contributed by atoms with E-state index in [0.717, 1.165) is 63.4 Å². The molecule has 0 aliphatic carbocycles. The number of anilines is 1. The zero-order valence-electron chi connectivity index (χ0n) is 17.5. The van der Waals surface area contributed by atoms with Crippen molar-refractivity contribution in [2.45, 2.75) is 32.6 Å². The standard InChI is InChI=1S/C21H35FN4O.HI/c1-4-23-21(26(3)14-9-18-10-15-27-16-11-18)24-12-6-13-25(2)20-8-5-7-19(22)17-20;/h5,7-8,17-18H,4,6,9-16H2,1-3H3,(H,23,24);1H. The third kappa shape index (κ3) is 8.94. The molecule has 1 N–H and O–H groups in total. The normalized spacial score (nSPS) is 15.1. The monoisotopic (exact) mass is 506 g/mol. The van der Waals surface area contributed by atoms with E-state index < -0.39 is 0 Å². The summed E-state index contributed by atoms with van der Waals surface area (Å²) in [6, 6.07) is 6.72. The highest BCUT2D eigenvalue weighted by molar-refractivity contribution is 14.0. The first kappa shape index (κ1) is 24.9. The lowest BCUT2D eigenvalue weighted by atomic mass is 9.96. The number of hydrogen-bond donors (Lipinski definition) is 1. The minimum Gasteiger partial charge on any atom is -0.381 e. The summed E-state index contributed by atoms with van der Waals surface area (Å²) in [5.41, 5.74) is 0.902. The minimum absolute atomic E-state index is 0. The number of guanidine groups is 1. The maximum absolute atomic E-state index is 13.3. The molecular weight excluding hydrogens is 470 g/mol. The van der Waals surface area contributed by atoms with Gasteiger partial charge in [-0.2, -0.15) is 0 Å². The largest absolute Gasteiger partial charge is 0.381 e. The van der Waals surface area contributed by atoms with Crippen LogP contribution in [0.25, 0.3) is 0 Å². The van der Waals surface area contributed by atoms with E-state index in [-0.39, 0.29) is 29.8 Å². The molecule has 0 spiro atoms. The molecule has 7 heteroatoms. The van der Waals surface area contributed by atoms with Crippen LogP contribution in [0.1, 0.15) is 32.6 Å². The van der Waals surface area contributed by atoms with E-state index in [0.29, 0.717) is 0 Å². The van der Waals surface area contributed by atoms with Crippen molar-refractivity contribution in [2.75, 3.05) is 58.4 Å². The Kier molecular flexibility index (Phi) is 12.5. The summed E-state index contributed by atoms with van der Waals surface area (Å²) in [6.45, 7) is 7.38. The molecule has 1 aliphatic rings. The smallest absolute Gasteiger partial charge is 0.193 e. The summed E-state index contributed by atoms with van der Waals surface area (Å²) < 4.78 is 18.8. The van der Waals surface area contributed by atoms with Crippen LogP contribution in [0.2, 0.25) is 0 Å². The summed E-state index contributed by atoms with van der Waals surface area (Å²) in [4.78, 5) is 9.07. The molecule has 0 unspecified atom stereocenters. The second-order valence-corrected chi connectivity index (χ2v) is 7.26. The third-order valence-electron chi connectivity index (χ3n) is 5.07. The number of halogens is 2. The molecule has 1 aliphatic heterocycles. The summed E-state index contributed by atoms with van der Waals surface area (Å²) >= 11 is 0. The Balaban J connectivity index is 0.00000392. The first-order valence-electron chi connectivity index (χ1n) is 10.1. The molecule has 28 heavy (non-hydrogen) atoms. The van der Waals surface area contributed by atoms with E-state index in [4.69, 9.17) is 9.73 Å². The Morgan fingerprint density at radius 1 is 1.25 bits per heavy atom. The summed E-state index contributed by atoms with van der Waals surface area (Å²) in [5, 5.41) is 3.39. The molecular formula is C21H36FIN4O. The molecule has 160 valence electrons. The molecule has 0 aromatic heterocycles. The highest BCUT2D eigenvalue weighted by atomic mass is 127. The molecule has 1 aromatic carbocycles. The molecule has 0 radical (unpaired) electrons. The highest BCUT2D eigenvalue weighted by Crippen LogP contribution is 2.18. The molecule has 0 amide bonds. The Hall–Kier alpha value is -1.09. The van der Waals surface area contributed by atoms with E-state index in [9.17, 15) is 4.39 Å². The quantitative estimate of drug-likeness (QED) is 0.238. The molecule has 1 saturated heterocycles. The third-order valence-corrected chi connectivity index (χ3v) is 5.07. The second kappa shape index (κ2) is 14.0. The summed E-state index contributed by atoms with van der Waals surface area (Å²) in [7, 11) is 4.10. The molecule has 0 atom stereocenters. The predicted octanol–water partition coefficient (Wildman–Crippen LogP) is 3.98. The maximum atomic E-state index is 13.3. The number of benzene rings is 1. The lowest BCUT2D eigenvalue weighted by molar-refractivity contribution is 0.0625. The van der Waals surface area contributed by atoms with Gasteiger partial charge in [0.05, 0.1) is 0 Å². The average molecular weight is 506 g/mol. The van der Waals surface area contributed by atoms with Gasteiger partial charge >= 0.3 is 0 Å². The van der Waals surface area contributed by atoms with E-state index in [1.165, 1.54) is 25.3 Å². The van der Waals surface area contributed by atoms with Crippen molar-refractivity contribution in [3.8, 4) is 0 Å². The van der Waals surface area contributed by atoms with Crippen LogP contribution in [0.5, 0.6) is 0 Å². The van der Waals surface area contributed by atoms with Crippen molar-refractivity contribution in [2.24, 2.45) is 10.9 Å². The fourth-order valence-electron chi connectivity index (χ4n) is 3.32.